The quantitative estimate of drug-likeness (QED) is 0.449. The summed E-state index contributed by atoms with van der Waals surface area (Å²) in [6, 6.07) is 24.1. The minimum absolute atomic E-state index is 0.137. The predicted molar refractivity (Wildman–Crippen MR) is 139 cm³/mol. The number of hydrogen-bond acceptors (Lipinski definition) is 4. The molecule has 1 atom stereocenters. The van der Waals surface area contributed by atoms with Gasteiger partial charge in [-0.3, -0.25) is 13.9 Å². The fraction of sp³-hybridized carbons (Fsp3) is 0.231. The second-order valence-electron chi connectivity index (χ2n) is 8.08. The smallest absolute Gasteiger partial charge is 0.244 e. The molecule has 0 aliphatic rings. The zero-order chi connectivity index (χ0) is 25.4. The maximum absolute atomic E-state index is 13.7. The van der Waals surface area contributed by atoms with Gasteiger partial charge in [0.25, 0.3) is 0 Å². The van der Waals surface area contributed by atoms with Crippen molar-refractivity contribution in [1.82, 2.24) is 10.2 Å². The maximum atomic E-state index is 13.7. The third-order valence-electron chi connectivity index (χ3n) is 5.49. The number of rotatable bonds is 10. The molecule has 0 heterocycles. The van der Waals surface area contributed by atoms with Crippen molar-refractivity contribution in [2.75, 3.05) is 24.2 Å². The molecule has 0 bridgehead atoms. The summed E-state index contributed by atoms with van der Waals surface area (Å²) in [7, 11) is -2.31. The van der Waals surface area contributed by atoms with Crippen molar-refractivity contribution < 1.29 is 18.0 Å². The molecule has 9 heteroatoms. The first kappa shape index (κ1) is 26.2. The summed E-state index contributed by atoms with van der Waals surface area (Å²) < 4.78 is 26.3. The van der Waals surface area contributed by atoms with Gasteiger partial charge in [0.05, 0.1) is 11.9 Å². The lowest BCUT2D eigenvalue weighted by Gasteiger charge is -2.33. The second-order valence-corrected chi connectivity index (χ2v) is 10.4. The van der Waals surface area contributed by atoms with Crippen LogP contribution in [-0.4, -0.2) is 51.0 Å². The Balaban J connectivity index is 2.00. The minimum Gasteiger partial charge on any atom is -0.357 e. The van der Waals surface area contributed by atoms with E-state index in [9.17, 15) is 18.0 Å². The first-order valence-corrected chi connectivity index (χ1v) is 13.2. The molecular formula is C26H28ClN3O4S. The molecule has 3 aromatic carbocycles. The van der Waals surface area contributed by atoms with E-state index < -0.39 is 28.5 Å². The first-order valence-electron chi connectivity index (χ1n) is 11.0. The van der Waals surface area contributed by atoms with Crippen LogP contribution in [0.3, 0.4) is 0 Å². The van der Waals surface area contributed by atoms with Gasteiger partial charge in [-0.05, 0) is 29.3 Å². The van der Waals surface area contributed by atoms with Crippen LogP contribution >= 0.6 is 11.6 Å². The molecule has 3 rings (SSSR count). The van der Waals surface area contributed by atoms with E-state index in [1.165, 1.54) is 18.0 Å². The number of likely N-dealkylation sites (N-methyl/N-ethyl adjacent to an activating group) is 1. The van der Waals surface area contributed by atoms with E-state index in [1.807, 2.05) is 60.7 Å². The molecule has 2 amide bonds. The normalized spacial score (nSPS) is 12.0. The van der Waals surface area contributed by atoms with Gasteiger partial charge in [0.1, 0.15) is 12.6 Å². The SMILES string of the molecule is CNC(=O)[C@H](Cc1ccccc1)N(Cc1ccccc1)C(=O)CN(c1cccc(Cl)c1)S(C)(=O)=O. The van der Waals surface area contributed by atoms with Crippen molar-refractivity contribution in [1.29, 1.82) is 0 Å². The molecule has 1 N–H and O–H groups in total. The first-order chi connectivity index (χ1) is 16.7. The Morgan fingerprint density at radius 1 is 0.914 bits per heavy atom. The molecule has 7 nitrogen and oxygen atoms in total. The zero-order valence-electron chi connectivity index (χ0n) is 19.6. The van der Waals surface area contributed by atoms with Crippen molar-refractivity contribution in [3.05, 3.63) is 101 Å². The van der Waals surface area contributed by atoms with Crippen LogP contribution in [0.5, 0.6) is 0 Å². The van der Waals surface area contributed by atoms with Crippen molar-refractivity contribution in [2.24, 2.45) is 0 Å². The molecular weight excluding hydrogens is 486 g/mol. The van der Waals surface area contributed by atoms with Gasteiger partial charge in [-0.25, -0.2) is 8.42 Å². The number of sulfonamides is 1. The highest BCUT2D eigenvalue weighted by atomic mass is 35.5. The Morgan fingerprint density at radius 2 is 1.51 bits per heavy atom. The number of benzene rings is 3. The van der Waals surface area contributed by atoms with Crippen LogP contribution in [0.2, 0.25) is 5.02 Å². The van der Waals surface area contributed by atoms with Crippen molar-refractivity contribution in [3.8, 4) is 0 Å². The van der Waals surface area contributed by atoms with E-state index in [-0.39, 0.29) is 24.6 Å². The molecule has 0 aliphatic heterocycles. The van der Waals surface area contributed by atoms with Gasteiger partial charge in [-0.2, -0.15) is 0 Å². The van der Waals surface area contributed by atoms with Gasteiger partial charge in [0.15, 0.2) is 0 Å². The summed E-state index contributed by atoms with van der Waals surface area (Å²) in [5.74, 6) is -0.851. The number of nitrogens with zero attached hydrogens (tertiary/aromatic N) is 2. The second kappa shape index (κ2) is 11.9. The Hall–Kier alpha value is -3.36. The highest BCUT2D eigenvalue weighted by Gasteiger charge is 2.32. The molecule has 0 unspecified atom stereocenters. The monoisotopic (exact) mass is 513 g/mol. The molecule has 0 radical (unpaired) electrons. The van der Waals surface area contributed by atoms with Gasteiger partial charge < -0.3 is 10.2 Å². The van der Waals surface area contributed by atoms with Gasteiger partial charge >= 0.3 is 0 Å². The summed E-state index contributed by atoms with van der Waals surface area (Å²) in [5, 5.41) is 2.99. The zero-order valence-corrected chi connectivity index (χ0v) is 21.2. The molecule has 0 saturated heterocycles. The minimum atomic E-state index is -3.82. The lowest BCUT2D eigenvalue weighted by Crippen LogP contribution is -2.52. The molecule has 3 aromatic rings. The van der Waals surface area contributed by atoms with Gasteiger partial charge in [-0.15, -0.1) is 0 Å². The molecule has 0 aromatic heterocycles. The van der Waals surface area contributed by atoms with Crippen molar-refractivity contribution >= 4 is 39.1 Å². The van der Waals surface area contributed by atoms with Crippen LogP contribution in [0.4, 0.5) is 5.69 Å². The molecule has 0 spiro atoms. The third kappa shape index (κ3) is 7.31. The lowest BCUT2D eigenvalue weighted by molar-refractivity contribution is -0.139. The standard InChI is InChI=1S/C26H28ClN3O4S/c1-28-26(32)24(16-20-10-5-3-6-11-20)29(18-21-12-7-4-8-13-21)25(31)19-30(35(2,33)34)23-15-9-14-22(27)17-23/h3-15,17,24H,16,18-19H2,1-2H3,(H,28,32)/t24-/m0/s1. The average Bonchev–Trinajstić information content (AvgIpc) is 2.84. The van der Waals surface area contributed by atoms with Gasteiger partial charge in [0, 0.05) is 25.0 Å². The summed E-state index contributed by atoms with van der Waals surface area (Å²) in [5.41, 5.74) is 1.96. The Morgan fingerprint density at radius 3 is 2.06 bits per heavy atom. The molecule has 35 heavy (non-hydrogen) atoms. The Bertz CT molecular complexity index is 1250. The van der Waals surface area contributed by atoms with Gasteiger partial charge in [0.2, 0.25) is 21.8 Å². The number of hydrogen-bond donors (Lipinski definition) is 1. The summed E-state index contributed by atoms with van der Waals surface area (Å²) in [6.07, 6.45) is 1.30. The van der Waals surface area contributed by atoms with E-state index in [0.29, 0.717) is 5.02 Å². The van der Waals surface area contributed by atoms with Crippen LogP contribution in [-0.2, 0) is 32.6 Å². The number of nitrogens with one attached hydrogen (secondary N) is 1. The molecule has 184 valence electrons. The molecule has 0 saturated carbocycles. The largest absolute Gasteiger partial charge is 0.357 e. The summed E-state index contributed by atoms with van der Waals surface area (Å²) in [4.78, 5) is 28.2. The highest BCUT2D eigenvalue weighted by Crippen LogP contribution is 2.23. The van der Waals surface area contributed by atoms with E-state index in [2.05, 4.69) is 5.32 Å². The number of carbonyl (C=O) groups is 2. The topological polar surface area (TPSA) is 86.8 Å². The van der Waals surface area contributed by atoms with E-state index >= 15 is 0 Å². The van der Waals surface area contributed by atoms with Crippen LogP contribution < -0.4 is 9.62 Å². The predicted octanol–water partition coefficient (Wildman–Crippen LogP) is 3.49. The van der Waals surface area contributed by atoms with E-state index in [1.54, 1.807) is 18.2 Å². The van der Waals surface area contributed by atoms with Crippen LogP contribution in [0.15, 0.2) is 84.9 Å². The molecule has 0 aliphatic carbocycles. The summed E-state index contributed by atoms with van der Waals surface area (Å²) in [6.45, 7) is -0.341. The maximum Gasteiger partial charge on any atom is 0.244 e. The van der Waals surface area contributed by atoms with E-state index in [4.69, 9.17) is 11.6 Å². The van der Waals surface area contributed by atoms with Crippen LogP contribution in [0.25, 0.3) is 0 Å². The fourth-order valence-corrected chi connectivity index (χ4v) is 4.77. The Labute approximate surface area is 211 Å². The Kier molecular flexibility index (Phi) is 8.89. The van der Waals surface area contributed by atoms with E-state index in [0.717, 1.165) is 21.7 Å². The van der Waals surface area contributed by atoms with Crippen molar-refractivity contribution in [3.63, 3.8) is 0 Å². The fourth-order valence-electron chi connectivity index (χ4n) is 3.75. The molecule has 0 fully saturated rings. The number of halogens is 1. The van der Waals surface area contributed by atoms with Crippen LogP contribution in [0, 0.1) is 0 Å². The number of carbonyl (C=O) groups excluding carboxylic acids is 2. The lowest BCUT2D eigenvalue weighted by atomic mass is 10.0. The van der Waals surface area contributed by atoms with Gasteiger partial charge in [-0.1, -0.05) is 78.3 Å². The van der Waals surface area contributed by atoms with Crippen LogP contribution in [0.1, 0.15) is 11.1 Å². The van der Waals surface area contributed by atoms with Crippen molar-refractivity contribution in [2.45, 2.75) is 19.0 Å². The highest BCUT2D eigenvalue weighted by molar-refractivity contribution is 7.92. The number of amides is 2. The number of anilines is 1. The summed E-state index contributed by atoms with van der Waals surface area (Å²) >= 11 is 6.08. The third-order valence-corrected chi connectivity index (χ3v) is 6.86. The average molecular weight is 514 g/mol.